The summed E-state index contributed by atoms with van der Waals surface area (Å²) in [6.07, 6.45) is 5.92. The Labute approximate surface area is 152 Å². The van der Waals surface area contributed by atoms with E-state index in [0.29, 0.717) is 12.3 Å². The third kappa shape index (κ3) is 4.04. The monoisotopic (exact) mass is 360 g/mol. The average molecular weight is 360 g/mol. The second-order valence-corrected chi connectivity index (χ2v) is 7.24. The van der Waals surface area contributed by atoms with Crippen LogP contribution in [0.15, 0.2) is 30.2 Å². The molecule has 0 spiro atoms. The zero-order valence-electron chi connectivity index (χ0n) is 14.8. The maximum atomic E-state index is 12.7. The van der Waals surface area contributed by atoms with Gasteiger partial charge >= 0.3 is 0 Å². The van der Waals surface area contributed by atoms with E-state index < -0.39 is 0 Å². The third-order valence-corrected chi connectivity index (χ3v) is 5.50. The Morgan fingerprint density at radius 3 is 3.08 bits per heavy atom. The molecular formula is C18H24N4O2S. The predicted octanol–water partition coefficient (Wildman–Crippen LogP) is 3.04. The lowest BCUT2D eigenvalue weighted by atomic mass is 10.2. The summed E-state index contributed by atoms with van der Waals surface area (Å²) in [5, 5.41) is 8.71. The minimum atomic E-state index is 0.116. The van der Waals surface area contributed by atoms with Gasteiger partial charge in [-0.3, -0.25) is 4.79 Å². The minimum absolute atomic E-state index is 0.116. The topological polar surface area (TPSA) is 61.9 Å². The maximum absolute atomic E-state index is 12.7. The van der Waals surface area contributed by atoms with Crippen molar-refractivity contribution in [1.82, 2.24) is 19.3 Å². The highest BCUT2D eigenvalue weighted by Crippen LogP contribution is 2.23. The fraction of sp³-hybridized carbons (Fsp3) is 0.500. The number of nitrogens with zero attached hydrogens (tertiary/aromatic N) is 4. The number of hydrogen-bond acceptors (Lipinski definition) is 5. The van der Waals surface area contributed by atoms with Crippen molar-refractivity contribution in [3.8, 4) is 0 Å². The van der Waals surface area contributed by atoms with Crippen molar-refractivity contribution in [2.24, 2.45) is 0 Å². The fourth-order valence-electron chi connectivity index (χ4n) is 3.18. The predicted molar refractivity (Wildman–Crippen MR) is 98.2 cm³/mol. The van der Waals surface area contributed by atoms with Crippen LogP contribution in [-0.2, 0) is 17.8 Å². The molecule has 1 atom stereocenters. The molecule has 2 aromatic heterocycles. The summed E-state index contributed by atoms with van der Waals surface area (Å²) in [6, 6.07) is 1.99. The number of carbonyl (C=O) groups is 1. The van der Waals surface area contributed by atoms with Gasteiger partial charge < -0.3 is 13.9 Å². The Kier molecular flexibility index (Phi) is 5.75. The molecule has 6 nitrogen and oxygen atoms in total. The van der Waals surface area contributed by atoms with Gasteiger partial charge in [-0.1, -0.05) is 17.8 Å². The summed E-state index contributed by atoms with van der Waals surface area (Å²) in [5.74, 6) is 0.463. The number of allylic oxidation sites excluding steroid dienone is 1. The Morgan fingerprint density at radius 2 is 2.36 bits per heavy atom. The molecule has 1 aliphatic heterocycles. The zero-order chi connectivity index (χ0) is 17.8. The summed E-state index contributed by atoms with van der Waals surface area (Å²) in [5.41, 5.74) is 2.92. The van der Waals surface area contributed by atoms with E-state index in [2.05, 4.69) is 21.3 Å². The first-order chi connectivity index (χ1) is 12.1. The quantitative estimate of drug-likeness (QED) is 0.411. The van der Waals surface area contributed by atoms with Crippen molar-refractivity contribution >= 4 is 17.5 Å². The molecule has 1 unspecified atom stereocenters. The van der Waals surface area contributed by atoms with Crippen LogP contribution in [0.25, 0.3) is 0 Å². The SMILES string of the molecule is C=CCn1cnnc1SCC(=O)c1cc(C)n(CC2CCCO2)c1C. The lowest BCUT2D eigenvalue weighted by Gasteiger charge is -2.14. The van der Waals surface area contributed by atoms with Gasteiger partial charge in [0.25, 0.3) is 0 Å². The maximum Gasteiger partial charge on any atom is 0.191 e. The van der Waals surface area contributed by atoms with Gasteiger partial charge in [-0.05, 0) is 32.8 Å². The summed E-state index contributed by atoms with van der Waals surface area (Å²) in [6.45, 7) is 10.1. The van der Waals surface area contributed by atoms with Gasteiger partial charge in [0.1, 0.15) is 6.33 Å². The molecule has 7 heteroatoms. The Balaban J connectivity index is 1.67. The van der Waals surface area contributed by atoms with Crippen LogP contribution in [0.1, 0.15) is 34.6 Å². The zero-order valence-corrected chi connectivity index (χ0v) is 15.6. The number of carbonyl (C=O) groups excluding carboxylic acids is 1. The molecule has 3 rings (SSSR count). The molecular weight excluding hydrogens is 336 g/mol. The molecule has 3 heterocycles. The van der Waals surface area contributed by atoms with Crippen LogP contribution in [0.2, 0.25) is 0 Å². The second kappa shape index (κ2) is 8.01. The number of rotatable bonds is 8. The van der Waals surface area contributed by atoms with Crippen molar-refractivity contribution in [2.45, 2.75) is 51.0 Å². The molecule has 1 aliphatic rings. The molecule has 0 radical (unpaired) electrons. The normalized spacial score (nSPS) is 17.1. The van der Waals surface area contributed by atoms with Gasteiger partial charge in [-0.2, -0.15) is 0 Å². The summed E-state index contributed by atoms with van der Waals surface area (Å²) in [4.78, 5) is 12.7. The molecule has 0 N–H and O–H groups in total. The molecule has 134 valence electrons. The third-order valence-electron chi connectivity index (χ3n) is 4.52. The van der Waals surface area contributed by atoms with E-state index >= 15 is 0 Å². The molecule has 0 aromatic carbocycles. The van der Waals surface area contributed by atoms with Crippen molar-refractivity contribution in [3.05, 3.63) is 42.0 Å². The van der Waals surface area contributed by atoms with Crippen LogP contribution in [-0.4, -0.2) is 43.6 Å². The van der Waals surface area contributed by atoms with E-state index in [1.807, 2.05) is 24.5 Å². The second-order valence-electron chi connectivity index (χ2n) is 6.30. The largest absolute Gasteiger partial charge is 0.376 e. The van der Waals surface area contributed by atoms with Gasteiger partial charge in [0.2, 0.25) is 0 Å². The smallest absolute Gasteiger partial charge is 0.191 e. The lowest BCUT2D eigenvalue weighted by Crippen LogP contribution is -2.17. The van der Waals surface area contributed by atoms with E-state index in [0.717, 1.165) is 48.1 Å². The number of hydrogen-bond donors (Lipinski definition) is 0. The Bertz CT molecular complexity index is 759. The summed E-state index contributed by atoms with van der Waals surface area (Å²) in [7, 11) is 0. The van der Waals surface area contributed by atoms with Crippen LogP contribution in [0.4, 0.5) is 0 Å². The van der Waals surface area contributed by atoms with Crippen LogP contribution < -0.4 is 0 Å². The van der Waals surface area contributed by atoms with Gasteiger partial charge in [0, 0.05) is 36.6 Å². The van der Waals surface area contributed by atoms with Crippen molar-refractivity contribution in [2.75, 3.05) is 12.4 Å². The number of thioether (sulfide) groups is 1. The highest BCUT2D eigenvalue weighted by molar-refractivity contribution is 7.99. The van der Waals surface area contributed by atoms with E-state index in [4.69, 9.17) is 4.74 Å². The molecule has 0 amide bonds. The van der Waals surface area contributed by atoms with Crippen molar-refractivity contribution < 1.29 is 9.53 Å². The van der Waals surface area contributed by atoms with Gasteiger partial charge in [-0.15, -0.1) is 16.8 Å². The summed E-state index contributed by atoms with van der Waals surface area (Å²) >= 11 is 1.41. The number of ether oxygens (including phenoxy) is 1. The van der Waals surface area contributed by atoms with E-state index in [1.54, 1.807) is 12.4 Å². The Morgan fingerprint density at radius 1 is 1.52 bits per heavy atom. The molecule has 1 saturated heterocycles. The first-order valence-corrected chi connectivity index (χ1v) is 9.51. The lowest BCUT2D eigenvalue weighted by molar-refractivity contribution is 0.0957. The van der Waals surface area contributed by atoms with Gasteiger partial charge in [0.15, 0.2) is 10.9 Å². The number of aromatic nitrogens is 4. The van der Waals surface area contributed by atoms with Crippen LogP contribution in [0.3, 0.4) is 0 Å². The highest BCUT2D eigenvalue weighted by atomic mass is 32.2. The first-order valence-electron chi connectivity index (χ1n) is 8.53. The van der Waals surface area contributed by atoms with Gasteiger partial charge in [-0.25, -0.2) is 0 Å². The fourth-order valence-corrected chi connectivity index (χ4v) is 3.99. The molecule has 25 heavy (non-hydrogen) atoms. The number of ketones is 1. The van der Waals surface area contributed by atoms with Crippen molar-refractivity contribution in [3.63, 3.8) is 0 Å². The van der Waals surface area contributed by atoms with Gasteiger partial charge in [0.05, 0.1) is 11.9 Å². The van der Waals surface area contributed by atoms with Crippen LogP contribution in [0, 0.1) is 13.8 Å². The van der Waals surface area contributed by atoms with Crippen LogP contribution >= 0.6 is 11.8 Å². The molecule has 2 aromatic rings. The van der Waals surface area contributed by atoms with E-state index in [1.165, 1.54) is 11.8 Å². The Hall–Kier alpha value is -1.86. The van der Waals surface area contributed by atoms with Crippen LogP contribution in [0.5, 0.6) is 0 Å². The first kappa shape index (κ1) is 17.9. The molecule has 0 bridgehead atoms. The van der Waals surface area contributed by atoms with E-state index in [-0.39, 0.29) is 11.9 Å². The average Bonchev–Trinajstić information content (AvgIpc) is 3.31. The molecule has 0 aliphatic carbocycles. The summed E-state index contributed by atoms with van der Waals surface area (Å²) < 4.78 is 9.82. The number of aryl methyl sites for hydroxylation is 1. The van der Waals surface area contributed by atoms with Crippen molar-refractivity contribution in [1.29, 1.82) is 0 Å². The minimum Gasteiger partial charge on any atom is -0.376 e. The highest BCUT2D eigenvalue weighted by Gasteiger charge is 2.21. The standard InChI is InChI=1S/C18H24N4O2S/c1-4-7-21-12-19-20-18(21)25-11-17(23)16-9-13(2)22(14(16)3)10-15-6-5-8-24-15/h4,9,12,15H,1,5-8,10-11H2,2-3H3. The molecule has 0 saturated carbocycles. The van der Waals surface area contributed by atoms with E-state index in [9.17, 15) is 4.79 Å². The number of Topliss-reactive ketones (excluding diaryl/α,β-unsaturated/α-hetero) is 1. The molecule has 1 fully saturated rings.